The fraction of sp³-hybridized carbons (Fsp3) is 0.500. The smallest absolute Gasteiger partial charge is 0.293 e. The molecule has 1 atom stereocenters. The van der Waals surface area contributed by atoms with Gasteiger partial charge in [-0.05, 0) is 37.7 Å². The van der Waals surface area contributed by atoms with Gasteiger partial charge in [0, 0.05) is 22.4 Å². The zero-order chi connectivity index (χ0) is 13.2. The second-order valence-corrected chi connectivity index (χ2v) is 6.79. The van der Waals surface area contributed by atoms with Crippen LogP contribution in [0.2, 0.25) is 5.02 Å². The molecule has 0 aliphatic carbocycles. The van der Waals surface area contributed by atoms with Crippen LogP contribution in [-0.2, 0) is 0 Å². The van der Waals surface area contributed by atoms with Crippen molar-refractivity contribution in [3.8, 4) is 0 Å². The van der Waals surface area contributed by atoms with Crippen LogP contribution < -0.4 is 5.32 Å². The zero-order valence-electron chi connectivity index (χ0n) is 10.1. The van der Waals surface area contributed by atoms with Gasteiger partial charge in [-0.1, -0.05) is 11.6 Å². The molecule has 0 amide bonds. The average Bonchev–Trinajstić information content (AvgIpc) is 2.75. The van der Waals surface area contributed by atoms with Gasteiger partial charge in [0.1, 0.15) is 5.69 Å². The molecule has 4 nitrogen and oxygen atoms in total. The third-order valence-electron chi connectivity index (χ3n) is 3.11. The van der Waals surface area contributed by atoms with Crippen molar-refractivity contribution in [2.45, 2.75) is 24.5 Å². The lowest BCUT2D eigenvalue weighted by Crippen LogP contribution is -2.27. The van der Waals surface area contributed by atoms with E-state index in [-0.39, 0.29) is 10.4 Å². The van der Waals surface area contributed by atoms with Crippen molar-refractivity contribution in [2.24, 2.45) is 0 Å². The van der Waals surface area contributed by atoms with E-state index in [0.29, 0.717) is 10.7 Å². The number of hydrogen-bond acceptors (Lipinski definition) is 4. The largest absolute Gasteiger partial charge is 0.378 e. The van der Waals surface area contributed by atoms with Crippen LogP contribution in [0.1, 0.15) is 19.8 Å². The summed E-state index contributed by atoms with van der Waals surface area (Å²) < 4.78 is 0.174. The van der Waals surface area contributed by atoms with Gasteiger partial charge in [-0.3, -0.25) is 10.1 Å². The number of thioether (sulfide) groups is 1. The summed E-state index contributed by atoms with van der Waals surface area (Å²) in [6.07, 6.45) is 2.36. The van der Waals surface area contributed by atoms with E-state index in [9.17, 15) is 10.1 Å². The average molecular weight is 287 g/mol. The number of rotatable bonds is 4. The lowest BCUT2D eigenvalue weighted by atomic mass is 10.1. The topological polar surface area (TPSA) is 55.2 Å². The molecule has 0 saturated carbocycles. The molecule has 0 aromatic heterocycles. The maximum Gasteiger partial charge on any atom is 0.293 e. The van der Waals surface area contributed by atoms with Crippen molar-refractivity contribution >= 4 is 34.7 Å². The summed E-state index contributed by atoms with van der Waals surface area (Å²) in [6, 6.07) is 4.72. The highest BCUT2D eigenvalue weighted by Crippen LogP contribution is 2.38. The molecule has 1 heterocycles. The lowest BCUT2D eigenvalue weighted by Gasteiger charge is -2.23. The Labute approximate surface area is 115 Å². The standard InChI is InChI=1S/C12H15ClN2O2S/c1-12(5-2-6-18-12)8-14-10-4-3-9(13)7-11(10)15(16)17/h3-4,7,14H,2,5-6,8H2,1H3. The predicted molar refractivity (Wildman–Crippen MR) is 76.7 cm³/mol. The van der Waals surface area contributed by atoms with Crippen LogP contribution in [0.5, 0.6) is 0 Å². The Kier molecular flexibility index (Phi) is 4.02. The molecule has 1 aromatic carbocycles. The highest BCUT2D eigenvalue weighted by atomic mass is 35.5. The van der Waals surface area contributed by atoms with E-state index in [1.54, 1.807) is 12.1 Å². The van der Waals surface area contributed by atoms with Gasteiger partial charge in [0.25, 0.3) is 5.69 Å². The third kappa shape index (κ3) is 3.09. The highest BCUT2D eigenvalue weighted by Gasteiger charge is 2.29. The summed E-state index contributed by atoms with van der Waals surface area (Å²) >= 11 is 7.70. The van der Waals surface area contributed by atoms with Gasteiger partial charge in [0.15, 0.2) is 0 Å². The van der Waals surface area contributed by atoms with Crippen LogP contribution in [0.3, 0.4) is 0 Å². The second kappa shape index (κ2) is 5.36. The summed E-state index contributed by atoms with van der Waals surface area (Å²) in [4.78, 5) is 10.5. The first-order chi connectivity index (χ1) is 8.50. The van der Waals surface area contributed by atoms with Crippen molar-refractivity contribution < 1.29 is 4.92 Å². The minimum Gasteiger partial charge on any atom is -0.378 e. The van der Waals surface area contributed by atoms with Crippen LogP contribution >= 0.6 is 23.4 Å². The lowest BCUT2D eigenvalue weighted by molar-refractivity contribution is -0.383. The van der Waals surface area contributed by atoms with Gasteiger partial charge in [0.2, 0.25) is 0 Å². The molecule has 6 heteroatoms. The monoisotopic (exact) mass is 286 g/mol. The number of nitro groups is 1. The molecule has 2 rings (SSSR count). The van der Waals surface area contributed by atoms with Crippen LogP contribution in [-0.4, -0.2) is 22.0 Å². The molecule has 1 aliphatic rings. The van der Waals surface area contributed by atoms with Gasteiger partial charge < -0.3 is 5.32 Å². The van der Waals surface area contributed by atoms with Crippen LogP contribution in [0, 0.1) is 10.1 Å². The molecule has 0 radical (unpaired) electrons. The Morgan fingerprint density at radius 1 is 1.61 bits per heavy atom. The Balaban J connectivity index is 2.11. The Morgan fingerprint density at radius 2 is 2.39 bits per heavy atom. The van der Waals surface area contributed by atoms with Gasteiger partial charge in [0.05, 0.1) is 4.92 Å². The molecule has 0 spiro atoms. The molecule has 1 unspecified atom stereocenters. The fourth-order valence-corrected chi connectivity index (χ4v) is 3.47. The van der Waals surface area contributed by atoms with Crippen molar-refractivity contribution in [2.75, 3.05) is 17.6 Å². The zero-order valence-corrected chi connectivity index (χ0v) is 11.7. The van der Waals surface area contributed by atoms with E-state index >= 15 is 0 Å². The number of halogens is 1. The molecule has 1 N–H and O–H groups in total. The van der Waals surface area contributed by atoms with Gasteiger partial charge in [-0.15, -0.1) is 0 Å². The molecule has 0 bridgehead atoms. The van der Waals surface area contributed by atoms with E-state index in [4.69, 9.17) is 11.6 Å². The summed E-state index contributed by atoms with van der Waals surface area (Å²) in [7, 11) is 0. The minimum absolute atomic E-state index is 0.0362. The summed E-state index contributed by atoms with van der Waals surface area (Å²) in [5, 5.41) is 14.5. The van der Waals surface area contributed by atoms with Crippen LogP contribution in [0.15, 0.2) is 18.2 Å². The molecule has 1 fully saturated rings. The maximum atomic E-state index is 11.0. The molecule has 1 saturated heterocycles. The van der Waals surface area contributed by atoms with E-state index in [1.165, 1.54) is 18.2 Å². The maximum absolute atomic E-state index is 11.0. The minimum atomic E-state index is -0.404. The quantitative estimate of drug-likeness (QED) is 0.673. The normalized spacial score (nSPS) is 23.0. The van der Waals surface area contributed by atoms with E-state index in [2.05, 4.69) is 12.2 Å². The number of hydrogen-bond donors (Lipinski definition) is 1. The van der Waals surface area contributed by atoms with Crippen molar-refractivity contribution in [3.63, 3.8) is 0 Å². The first-order valence-corrected chi connectivity index (χ1v) is 7.18. The fourth-order valence-electron chi connectivity index (χ4n) is 2.06. The molecule has 1 aromatic rings. The van der Waals surface area contributed by atoms with Gasteiger partial charge in [-0.2, -0.15) is 11.8 Å². The van der Waals surface area contributed by atoms with E-state index < -0.39 is 4.92 Å². The van der Waals surface area contributed by atoms with Crippen LogP contribution in [0.25, 0.3) is 0 Å². The number of benzene rings is 1. The molecule has 18 heavy (non-hydrogen) atoms. The highest BCUT2D eigenvalue weighted by molar-refractivity contribution is 8.00. The van der Waals surface area contributed by atoms with Gasteiger partial charge >= 0.3 is 0 Å². The number of anilines is 1. The summed E-state index contributed by atoms with van der Waals surface area (Å²) in [5.74, 6) is 1.17. The predicted octanol–water partition coefficient (Wildman–Crippen LogP) is 3.95. The van der Waals surface area contributed by atoms with E-state index in [1.807, 2.05) is 11.8 Å². The van der Waals surface area contributed by atoms with Crippen molar-refractivity contribution in [1.29, 1.82) is 0 Å². The Morgan fingerprint density at radius 3 is 3.00 bits per heavy atom. The second-order valence-electron chi connectivity index (χ2n) is 4.67. The van der Waals surface area contributed by atoms with Crippen molar-refractivity contribution in [3.05, 3.63) is 33.3 Å². The van der Waals surface area contributed by atoms with Crippen LogP contribution in [0.4, 0.5) is 11.4 Å². The SMILES string of the molecule is CC1(CNc2ccc(Cl)cc2[N+](=O)[O-])CCCS1. The van der Waals surface area contributed by atoms with E-state index in [0.717, 1.165) is 13.0 Å². The first kappa shape index (κ1) is 13.5. The number of nitrogens with one attached hydrogen (secondary N) is 1. The van der Waals surface area contributed by atoms with Crippen molar-refractivity contribution in [1.82, 2.24) is 0 Å². The molecule has 98 valence electrons. The van der Waals surface area contributed by atoms with Gasteiger partial charge in [-0.25, -0.2) is 0 Å². The third-order valence-corrected chi connectivity index (χ3v) is 4.88. The first-order valence-electron chi connectivity index (χ1n) is 5.82. The molecular formula is C12H15ClN2O2S. The molecular weight excluding hydrogens is 272 g/mol. The molecule has 1 aliphatic heterocycles. The number of nitro benzene ring substituents is 1. The Bertz CT molecular complexity index is 461. The number of nitrogens with zero attached hydrogens (tertiary/aromatic N) is 1. The Hall–Kier alpha value is -0.940. The summed E-state index contributed by atoms with van der Waals surface area (Å²) in [6.45, 7) is 2.93. The summed E-state index contributed by atoms with van der Waals surface area (Å²) in [5.41, 5.74) is 0.576.